The van der Waals surface area contributed by atoms with Crippen LogP contribution in [-0.4, -0.2) is 25.9 Å². The summed E-state index contributed by atoms with van der Waals surface area (Å²) in [4.78, 5) is 12.3. The maximum atomic E-state index is 12.9. The second kappa shape index (κ2) is 6.87. The van der Waals surface area contributed by atoms with E-state index in [2.05, 4.69) is 15.5 Å². The molecule has 134 valence electrons. The second-order valence-corrected chi connectivity index (χ2v) is 7.41. The Kier molecular flexibility index (Phi) is 4.97. The Bertz CT molecular complexity index is 791. The first-order valence-corrected chi connectivity index (χ1v) is 8.75. The van der Waals surface area contributed by atoms with Crippen LogP contribution in [0.3, 0.4) is 0 Å². The van der Waals surface area contributed by atoms with Gasteiger partial charge in [-0.05, 0) is 38.0 Å². The number of rotatable bonds is 5. The van der Waals surface area contributed by atoms with Gasteiger partial charge in [-0.2, -0.15) is 13.2 Å². The molecule has 1 fully saturated rings. The van der Waals surface area contributed by atoms with Crippen LogP contribution in [0.5, 0.6) is 0 Å². The summed E-state index contributed by atoms with van der Waals surface area (Å²) >= 11 is 6.79. The van der Waals surface area contributed by atoms with Crippen molar-refractivity contribution in [1.82, 2.24) is 14.8 Å². The molecule has 1 heterocycles. The molecule has 0 radical (unpaired) electrons. The predicted octanol–water partition coefficient (Wildman–Crippen LogP) is 4.40. The Morgan fingerprint density at radius 1 is 1.44 bits per heavy atom. The number of amides is 1. The topological polar surface area (TPSA) is 59.8 Å². The van der Waals surface area contributed by atoms with Gasteiger partial charge in [-0.15, -0.1) is 10.2 Å². The number of carbonyl (C=O) groups excluding carboxylic acids is 1. The van der Waals surface area contributed by atoms with Crippen molar-refractivity contribution in [3.05, 3.63) is 35.1 Å². The average molecular weight is 391 g/mol. The predicted molar refractivity (Wildman–Crippen MR) is 88.7 cm³/mol. The summed E-state index contributed by atoms with van der Waals surface area (Å²) in [5, 5.41) is 9.99. The third-order valence-electron chi connectivity index (χ3n) is 3.67. The molecule has 1 N–H and O–H groups in total. The molecule has 1 unspecified atom stereocenters. The summed E-state index contributed by atoms with van der Waals surface area (Å²) in [6.45, 7) is 1.66. The van der Waals surface area contributed by atoms with Crippen LogP contribution in [0.4, 0.5) is 18.9 Å². The van der Waals surface area contributed by atoms with E-state index in [4.69, 9.17) is 11.6 Å². The Labute approximate surface area is 150 Å². The first-order valence-electron chi connectivity index (χ1n) is 7.49. The lowest BCUT2D eigenvalue weighted by molar-refractivity contribution is -0.137. The minimum atomic E-state index is -4.58. The zero-order valence-electron chi connectivity index (χ0n) is 13.0. The van der Waals surface area contributed by atoms with Gasteiger partial charge in [-0.25, -0.2) is 0 Å². The summed E-state index contributed by atoms with van der Waals surface area (Å²) < 4.78 is 40.6. The van der Waals surface area contributed by atoms with Gasteiger partial charge in [0.1, 0.15) is 6.33 Å². The maximum absolute atomic E-state index is 12.9. The molecule has 1 aromatic carbocycles. The normalized spacial score (nSPS) is 15.9. The second-order valence-electron chi connectivity index (χ2n) is 5.69. The Morgan fingerprint density at radius 3 is 2.80 bits per heavy atom. The largest absolute Gasteiger partial charge is 0.417 e. The monoisotopic (exact) mass is 390 g/mol. The lowest BCUT2D eigenvalue weighted by Crippen LogP contribution is -2.23. The number of benzene rings is 1. The molecule has 2 aromatic rings. The van der Waals surface area contributed by atoms with E-state index in [0.29, 0.717) is 11.2 Å². The number of thioether (sulfide) groups is 1. The summed E-state index contributed by atoms with van der Waals surface area (Å²) in [5.41, 5.74) is -0.946. The standard InChI is InChI=1S/C15H14ClF3N4OS/c1-8(25-14-22-20-7-23(14)10-3-4-10)13(24)21-9-2-5-12(16)11(6-9)15(17,18)19/h2,5-8,10H,3-4H2,1H3,(H,21,24). The molecule has 5 nitrogen and oxygen atoms in total. The average Bonchev–Trinajstić information content (AvgIpc) is 3.28. The van der Waals surface area contributed by atoms with E-state index in [1.54, 1.807) is 13.3 Å². The number of anilines is 1. The van der Waals surface area contributed by atoms with E-state index in [9.17, 15) is 18.0 Å². The molecule has 0 saturated heterocycles. The van der Waals surface area contributed by atoms with Gasteiger partial charge in [0.05, 0.1) is 15.8 Å². The maximum Gasteiger partial charge on any atom is 0.417 e. The van der Waals surface area contributed by atoms with Crippen molar-refractivity contribution in [1.29, 1.82) is 0 Å². The van der Waals surface area contributed by atoms with Crippen LogP contribution in [0.1, 0.15) is 31.4 Å². The highest BCUT2D eigenvalue weighted by atomic mass is 35.5. The highest BCUT2D eigenvalue weighted by molar-refractivity contribution is 8.00. The van der Waals surface area contributed by atoms with E-state index in [1.165, 1.54) is 17.8 Å². The van der Waals surface area contributed by atoms with Crippen molar-refractivity contribution in [2.45, 2.75) is 42.4 Å². The lowest BCUT2D eigenvalue weighted by Gasteiger charge is -2.14. The third kappa shape index (κ3) is 4.27. The molecule has 1 saturated carbocycles. The van der Waals surface area contributed by atoms with Gasteiger partial charge in [0.25, 0.3) is 0 Å². The number of halogens is 4. The molecule has 0 spiro atoms. The summed E-state index contributed by atoms with van der Waals surface area (Å²) in [6, 6.07) is 3.64. The highest BCUT2D eigenvalue weighted by Gasteiger charge is 2.33. The van der Waals surface area contributed by atoms with Crippen LogP contribution in [-0.2, 0) is 11.0 Å². The van der Waals surface area contributed by atoms with Crippen molar-refractivity contribution in [3.8, 4) is 0 Å². The van der Waals surface area contributed by atoms with Crippen LogP contribution in [0.2, 0.25) is 5.02 Å². The van der Waals surface area contributed by atoms with Crippen molar-refractivity contribution in [2.24, 2.45) is 0 Å². The number of alkyl halides is 3. The van der Waals surface area contributed by atoms with Gasteiger partial charge in [0.15, 0.2) is 5.16 Å². The molecule has 25 heavy (non-hydrogen) atoms. The highest BCUT2D eigenvalue weighted by Crippen LogP contribution is 2.38. The summed E-state index contributed by atoms with van der Waals surface area (Å²) in [6.07, 6.45) is -0.855. The first kappa shape index (κ1) is 18.1. The molecule has 1 aliphatic rings. The Morgan fingerprint density at radius 2 is 2.16 bits per heavy atom. The summed E-state index contributed by atoms with van der Waals surface area (Å²) in [5.74, 6) is -0.425. The number of hydrogen-bond acceptors (Lipinski definition) is 4. The molecule has 0 bridgehead atoms. The van der Waals surface area contributed by atoms with Gasteiger partial charge in [-0.1, -0.05) is 23.4 Å². The van der Waals surface area contributed by atoms with Gasteiger partial charge in [-0.3, -0.25) is 4.79 Å². The fraction of sp³-hybridized carbons (Fsp3) is 0.400. The van der Waals surface area contributed by atoms with Gasteiger partial charge in [0.2, 0.25) is 5.91 Å². The molecule has 1 aromatic heterocycles. The minimum Gasteiger partial charge on any atom is -0.325 e. The van der Waals surface area contributed by atoms with E-state index in [1.807, 2.05) is 4.57 Å². The van der Waals surface area contributed by atoms with Crippen LogP contribution >= 0.6 is 23.4 Å². The SMILES string of the molecule is CC(Sc1nncn1C1CC1)C(=O)Nc1ccc(Cl)c(C(F)(F)F)c1. The minimum absolute atomic E-state index is 0.0397. The van der Waals surface area contributed by atoms with Gasteiger partial charge >= 0.3 is 6.18 Å². The summed E-state index contributed by atoms with van der Waals surface area (Å²) in [7, 11) is 0. The number of aromatic nitrogens is 3. The fourth-order valence-electron chi connectivity index (χ4n) is 2.20. The Hall–Kier alpha value is -1.74. The number of nitrogens with zero attached hydrogens (tertiary/aromatic N) is 3. The quantitative estimate of drug-likeness (QED) is 0.768. The molecule has 1 atom stereocenters. The fourth-order valence-corrected chi connectivity index (χ4v) is 3.31. The van der Waals surface area contributed by atoms with E-state index in [0.717, 1.165) is 25.0 Å². The molecule has 1 amide bonds. The molecular formula is C15H14ClF3N4OS. The lowest BCUT2D eigenvalue weighted by atomic mass is 10.2. The van der Waals surface area contributed by atoms with Crippen LogP contribution < -0.4 is 5.32 Å². The van der Waals surface area contributed by atoms with Crippen molar-refractivity contribution in [2.75, 3.05) is 5.32 Å². The smallest absolute Gasteiger partial charge is 0.325 e. The number of nitrogens with one attached hydrogen (secondary N) is 1. The number of hydrogen-bond donors (Lipinski definition) is 1. The van der Waals surface area contributed by atoms with Crippen molar-refractivity contribution in [3.63, 3.8) is 0 Å². The van der Waals surface area contributed by atoms with E-state index >= 15 is 0 Å². The zero-order chi connectivity index (χ0) is 18.2. The van der Waals surface area contributed by atoms with Gasteiger partial charge < -0.3 is 9.88 Å². The zero-order valence-corrected chi connectivity index (χ0v) is 14.6. The van der Waals surface area contributed by atoms with Crippen molar-refractivity contribution >= 4 is 35.0 Å². The van der Waals surface area contributed by atoms with Crippen LogP contribution in [0.25, 0.3) is 0 Å². The molecule has 3 rings (SSSR count). The van der Waals surface area contributed by atoms with Crippen LogP contribution in [0.15, 0.2) is 29.7 Å². The van der Waals surface area contributed by atoms with Crippen LogP contribution in [0, 0.1) is 0 Å². The van der Waals surface area contributed by atoms with Crippen molar-refractivity contribution < 1.29 is 18.0 Å². The third-order valence-corrected chi connectivity index (χ3v) is 5.07. The Balaban J connectivity index is 1.68. The molecule has 10 heteroatoms. The first-order chi connectivity index (χ1) is 11.8. The molecular weight excluding hydrogens is 377 g/mol. The van der Waals surface area contributed by atoms with Gasteiger partial charge in [0, 0.05) is 11.7 Å². The molecule has 0 aliphatic heterocycles. The van der Waals surface area contributed by atoms with E-state index < -0.39 is 27.9 Å². The van der Waals surface area contributed by atoms with E-state index in [-0.39, 0.29) is 5.69 Å². The molecule has 1 aliphatic carbocycles. The number of carbonyl (C=O) groups is 1.